The molecular formula is C34H54N16O10P2. The number of allylic oxidation sites excluding steroid dienone is 2. The molecular weight excluding hydrogens is 854 g/mol. The SMILES string of the molecule is C[C@H](N)C(=O)OP(=O)(O)OCC1C=CC(n2cnc3c(NC4CC4)nc(N)nc32)C1.C[C@H](N)C(=O)OP(=O)(O)OCC1C=CC(n2cnc3c(NC4CC4)nc(N)nc32)C1.N.N. The molecule has 0 bridgehead atoms. The molecule has 0 aromatic carbocycles. The van der Waals surface area contributed by atoms with Crippen molar-refractivity contribution in [3.8, 4) is 0 Å². The van der Waals surface area contributed by atoms with Gasteiger partial charge in [-0.2, -0.15) is 19.9 Å². The van der Waals surface area contributed by atoms with Crippen molar-refractivity contribution in [2.24, 2.45) is 23.3 Å². The van der Waals surface area contributed by atoms with Crippen molar-refractivity contribution >= 4 is 73.4 Å². The summed E-state index contributed by atoms with van der Waals surface area (Å²) in [6.45, 7) is 2.52. The van der Waals surface area contributed by atoms with Crippen LogP contribution in [0.25, 0.3) is 22.3 Å². The number of hydrogen-bond acceptors (Lipinski definition) is 22. The molecule has 2 fully saturated rings. The van der Waals surface area contributed by atoms with Crippen molar-refractivity contribution in [2.45, 2.75) is 88.6 Å². The number of imidazole rings is 2. The molecule has 18 N–H and O–H groups in total. The highest BCUT2D eigenvalue weighted by Gasteiger charge is 2.33. The van der Waals surface area contributed by atoms with E-state index in [9.17, 15) is 28.5 Å². The normalized spacial score (nSPS) is 23.2. The number of carbonyl (C=O) groups excluding carboxylic acids is 2. The van der Waals surface area contributed by atoms with E-state index in [4.69, 9.17) is 32.0 Å². The number of nitrogens with two attached hydrogens (primary N) is 4. The Morgan fingerprint density at radius 1 is 0.710 bits per heavy atom. The molecule has 4 heterocycles. The number of nitrogens with zero attached hydrogens (tertiary/aromatic N) is 8. The van der Waals surface area contributed by atoms with Gasteiger partial charge in [0.1, 0.15) is 12.1 Å². The minimum Gasteiger partial charge on any atom is -0.369 e. The Morgan fingerprint density at radius 2 is 1.08 bits per heavy atom. The maximum absolute atomic E-state index is 11.9. The summed E-state index contributed by atoms with van der Waals surface area (Å²) in [6, 6.07) is -1.42. The molecule has 26 nitrogen and oxygen atoms in total. The van der Waals surface area contributed by atoms with Gasteiger partial charge in [-0.3, -0.25) is 18.8 Å². The fraction of sp³-hybridized carbons (Fsp3) is 0.529. The largest absolute Gasteiger partial charge is 0.529 e. The molecule has 6 unspecified atom stereocenters. The van der Waals surface area contributed by atoms with Crippen LogP contribution in [0.1, 0.15) is 64.5 Å². The average molecular weight is 909 g/mol. The van der Waals surface area contributed by atoms with Crippen molar-refractivity contribution in [2.75, 3.05) is 35.3 Å². The molecule has 4 aromatic rings. The smallest absolute Gasteiger partial charge is 0.369 e. The lowest BCUT2D eigenvalue weighted by atomic mass is 10.1. The van der Waals surface area contributed by atoms with Crippen LogP contribution >= 0.6 is 15.6 Å². The van der Waals surface area contributed by atoms with Crippen molar-refractivity contribution in [1.29, 1.82) is 0 Å². The highest BCUT2D eigenvalue weighted by Crippen LogP contribution is 2.46. The third-order valence-electron chi connectivity index (χ3n) is 9.79. The predicted octanol–water partition coefficient (Wildman–Crippen LogP) is 2.54. The van der Waals surface area contributed by atoms with Crippen LogP contribution in [-0.4, -0.2) is 98.1 Å². The standard InChI is InChI=1S/2C17H24N7O5P.2H3N/c2*1-9(18)16(25)29-30(26,27)28-7-10-2-5-12(6-10)24-8-20-13-14(21-11-3-4-11)22-17(19)23-15(13)24;;/h2*2,5,8-12H,3-4,6-7,18H2,1H3,(H,26,27)(H3,19,21,22,23);2*1H3/t2*9-,10?,12?;;/m00../s1. The molecule has 4 aliphatic carbocycles. The van der Waals surface area contributed by atoms with Crippen LogP contribution in [-0.2, 0) is 36.8 Å². The first-order chi connectivity index (χ1) is 28.4. The third-order valence-corrected chi connectivity index (χ3v) is 11.6. The minimum atomic E-state index is -4.52. The zero-order valence-corrected chi connectivity index (χ0v) is 35.9. The Kier molecular flexibility index (Phi) is 15.1. The number of nitrogens with one attached hydrogen (secondary N) is 2. The molecule has 62 heavy (non-hydrogen) atoms. The number of phosphoric acid groups is 2. The maximum atomic E-state index is 11.9. The number of anilines is 4. The fourth-order valence-electron chi connectivity index (χ4n) is 6.39. The van der Waals surface area contributed by atoms with E-state index in [1.54, 1.807) is 12.7 Å². The van der Waals surface area contributed by atoms with Crippen LogP contribution in [0.3, 0.4) is 0 Å². The van der Waals surface area contributed by atoms with Crippen molar-refractivity contribution in [3.05, 3.63) is 37.0 Å². The molecule has 8 rings (SSSR count). The van der Waals surface area contributed by atoms with Gasteiger partial charge in [0, 0.05) is 23.9 Å². The van der Waals surface area contributed by atoms with Gasteiger partial charge in [0.25, 0.3) is 0 Å². The highest BCUT2D eigenvalue weighted by atomic mass is 31.2. The van der Waals surface area contributed by atoms with Crippen LogP contribution in [0.4, 0.5) is 23.5 Å². The Hall–Kier alpha value is -5.14. The number of rotatable bonds is 16. The number of carbonyl (C=O) groups is 2. The van der Waals surface area contributed by atoms with Gasteiger partial charge < -0.3 is 64.1 Å². The van der Waals surface area contributed by atoms with E-state index in [0.717, 1.165) is 25.7 Å². The van der Waals surface area contributed by atoms with Crippen LogP contribution in [0, 0.1) is 11.8 Å². The van der Waals surface area contributed by atoms with Gasteiger partial charge in [0.05, 0.1) is 38.0 Å². The van der Waals surface area contributed by atoms with Gasteiger partial charge >= 0.3 is 27.6 Å². The van der Waals surface area contributed by atoms with E-state index in [1.165, 1.54) is 13.8 Å². The lowest BCUT2D eigenvalue weighted by Gasteiger charge is -2.17. The summed E-state index contributed by atoms with van der Waals surface area (Å²) in [5.74, 6) is -0.763. The summed E-state index contributed by atoms with van der Waals surface area (Å²) in [4.78, 5) is 68.3. The molecule has 340 valence electrons. The van der Waals surface area contributed by atoms with Gasteiger partial charge in [0.15, 0.2) is 34.0 Å². The first kappa shape index (κ1) is 47.9. The van der Waals surface area contributed by atoms with Gasteiger partial charge in [-0.05, 0) is 52.4 Å². The molecule has 0 radical (unpaired) electrons. The van der Waals surface area contributed by atoms with E-state index < -0.39 is 39.7 Å². The van der Waals surface area contributed by atoms with E-state index >= 15 is 0 Å². The van der Waals surface area contributed by atoms with Crippen molar-refractivity contribution in [1.82, 2.24) is 51.3 Å². The Morgan fingerprint density at radius 3 is 1.42 bits per heavy atom. The Bertz CT molecular complexity index is 2240. The van der Waals surface area contributed by atoms with Crippen LogP contribution in [0.2, 0.25) is 0 Å². The topological polar surface area (TPSA) is 431 Å². The fourth-order valence-corrected chi connectivity index (χ4v) is 8.04. The third kappa shape index (κ3) is 12.1. The second kappa shape index (κ2) is 19.5. The van der Waals surface area contributed by atoms with Crippen LogP contribution in [0.15, 0.2) is 37.0 Å². The van der Waals surface area contributed by atoms with E-state index in [1.807, 2.05) is 33.4 Å². The van der Waals surface area contributed by atoms with Gasteiger partial charge in [-0.25, -0.2) is 28.7 Å². The molecule has 28 heteroatoms. The zero-order chi connectivity index (χ0) is 42.9. The first-order valence-corrected chi connectivity index (χ1v) is 22.2. The quantitative estimate of drug-likeness (QED) is 0.0570. The van der Waals surface area contributed by atoms with E-state index in [2.05, 4.69) is 49.6 Å². The molecule has 8 atom stereocenters. The first-order valence-electron chi connectivity index (χ1n) is 19.3. The number of nitrogen functional groups attached to an aromatic ring is 2. The zero-order valence-electron chi connectivity index (χ0n) is 34.1. The summed E-state index contributed by atoms with van der Waals surface area (Å²) in [5, 5.41) is 6.64. The van der Waals surface area contributed by atoms with E-state index in [-0.39, 0.29) is 61.3 Å². The molecule has 2 saturated carbocycles. The number of fused-ring (bicyclic) bond motifs is 2. The summed E-state index contributed by atoms with van der Waals surface area (Å²) in [7, 11) is -9.05. The summed E-state index contributed by atoms with van der Waals surface area (Å²) >= 11 is 0. The van der Waals surface area contributed by atoms with Gasteiger partial charge in [-0.1, -0.05) is 24.3 Å². The Labute approximate surface area is 355 Å². The minimum absolute atomic E-state index is 0. The van der Waals surface area contributed by atoms with Crippen LogP contribution < -0.4 is 45.9 Å². The summed E-state index contributed by atoms with van der Waals surface area (Å²) in [6.07, 6.45) is 16.5. The van der Waals surface area contributed by atoms with E-state index in [0.29, 0.717) is 58.9 Å². The molecule has 4 aliphatic rings. The molecule has 0 amide bonds. The van der Waals surface area contributed by atoms with Gasteiger partial charge in [0.2, 0.25) is 11.9 Å². The highest BCUT2D eigenvalue weighted by molar-refractivity contribution is 7.48. The van der Waals surface area contributed by atoms with Crippen LogP contribution in [0.5, 0.6) is 0 Å². The van der Waals surface area contributed by atoms with Crippen molar-refractivity contribution in [3.63, 3.8) is 0 Å². The lowest BCUT2D eigenvalue weighted by molar-refractivity contribution is -0.138. The number of hydrogen-bond donors (Lipinski definition) is 10. The average Bonchev–Trinajstić information content (AvgIpc) is 3.90. The molecule has 0 spiro atoms. The molecule has 0 saturated heterocycles. The molecule has 0 aliphatic heterocycles. The van der Waals surface area contributed by atoms with Gasteiger partial charge in [-0.15, -0.1) is 0 Å². The summed E-state index contributed by atoms with van der Waals surface area (Å²) < 4.78 is 46.3. The molecule has 4 aromatic heterocycles. The number of phosphoric ester groups is 2. The monoisotopic (exact) mass is 908 g/mol. The Balaban J connectivity index is 0.000000227. The predicted molar refractivity (Wildman–Crippen MR) is 226 cm³/mol. The number of aromatic nitrogens is 8. The van der Waals surface area contributed by atoms with Crippen molar-refractivity contribution < 1.29 is 46.6 Å². The second-order valence-corrected chi connectivity index (χ2v) is 17.9. The second-order valence-electron chi connectivity index (χ2n) is 15.2. The lowest BCUT2D eigenvalue weighted by Crippen LogP contribution is -2.28. The summed E-state index contributed by atoms with van der Waals surface area (Å²) in [5.41, 5.74) is 24.9. The maximum Gasteiger partial charge on any atom is 0.529 e.